The quantitative estimate of drug-likeness (QED) is 0.748. The molecule has 1 aromatic carbocycles. The van der Waals surface area contributed by atoms with Gasteiger partial charge in [0.2, 0.25) is 5.91 Å². The third kappa shape index (κ3) is 2.58. The Labute approximate surface area is 93.8 Å². The molecule has 0 aromatic heterocycles. The fraction of sp³-hybridized carbons (Fsp3) is 0.417. The minimum Gasteiger partial charge on any atom is -0.378 e. The van der Waals surface area contributed by atoms with Gasteiger partial charge in [0.05, 0.1) is 19.6 Å². The largest absolute Gasteiger partial charge is 0.378 e. The third-order valence-corrected chi connectivity index (χ3v) is 2.60. The summed E-state index contributed by atoms with van der Waals surface area (Å²) in [6.45, 7) is 2.32. The molecule has 0 N–H and O–H groups in total. The van der Waals surface area contributed by atoms with E-state index in [9.17, 15) is 9.18 Å². The third-order valence-electron chi connectivity index (χ3n) is 2.60. The number of benzene rings is 1. The minimum atomic E-state index is -0.347. The number of halogens is 1. The van der Waals surface area contributed by atoms with Crippen LogP contribution < -0.4 is 0 Å². The van der Waals surface area contributed by atoms with Crippen LogP contribution in [-0.4, -0.2) is 37.1 Å². The molecule has 4 heteroatoms. The van der Waals surface area contributed by atoms with E-state index in [1.54, 1.807) is 4.90 Å². The Morgan fingerprint density at radius 2 is 2.25 bits per heavy atom. The molecule has 0 spiro atoms. The summed E-state index contributed by atoms with van der Waals surface area (Å²) >= 11 is 0. The Balaban J connectivity index is 1.99. The lowest BCUT2D eigenvalue weighted by molar-refractivity contribution is -0.134. The molecule has 1 fully saturated rings. The van der Waals surface area contributed by atoms with Gasteiger partial charge in [0.15, 0.2) is 0 Å². The first-order valence-corrected chi connectivity index (χ1v) is 5.27. The Hall–Kier alpha value is -1.42. The van der Waals surface area contributed by atoms with Gasteiger partial charge in [-0.2, -0.15) is 0 Å². The highest BCUT2D eigenvalue weighted by Gasteiger charge is 2.17. The maximum atomic E-state index is 13.3. The number of amides is 1. The van der Waals surface area contributed by atoms with Gasteiger partial charge in [-0.25, -0.2) is 4.39 Å². The van der Waals surface area contributed by atoms with E-state index in [0.717, 1.165) is 0 Å². The van der Waals surface area contributed by atoms with Crippen LogP contribution in [0.2, 0.25) is 0 Å². The van der Waals surface area contributed by atoms with E-state index in [-0.39, 0.29) is 18.1 Å². The zero-order valence-electron chi connectivity index (χ0n) is 8.91. The van der Waals surface area contributed by atoms with Gasteiger partial charge in [-0.3, -0.25) is 4.79 Å². The molecule has 0 bridgehead atoms. The van der Waals surface area contributed by atoms with Gasteiger partial charge in [-0.05, 0) is 23.8 Å². The van der Waals surface area contributed by atoms with Crippen molar-refractivity contribution in [2.24, 2.45) is 0 Å². The number of carbonyl (C=O) groups is 1. The van der Waals surface area contributed by atoms with E-state index in [4.69, 9.17) is 4.74 Å². The normalized spacial score (nSPS) is 16.2. The van der Waals surface area contributed by atoms with Crippen LogP contribution >= 0.6 is 0 Å². The average Bonchev–Trinajstić information content (AvgIpc) is 2.33. The molecule has 1 aromatic rings. The second kappa shape index (κ2) is 5.07. The van der Waals surface area contributed by atoms with Crippen molar-refractivity contribution in [2.75, 3.05) is 26.3 Å². The number of morpholine rings is 1. The van der Waals surface area contributed by atoms with Crippen LogP contribution in [0.15, 0.2) is 18.2 Å². The van der Waals surface area contributed by atoms with Crippen molar-refractivity contribution in [1.29, 1.82) is 0 Å². The van der Waals surface area contributed by atoms with Crippen molar-refractivity contribution in [2.45, 2.75) is 6.42 Å². The van der Waals surface area contributed by atoms with Crippen LogP contribution in [0.5, 0.6) is 0 Å². The van der Waals surface area contributed by atoms with Crippen molar-refractivity contribution in [3.63, 3.8) is 0 Å². The second-order valence-electron chi connectivity index (χ2n) is 3.69. The summed E-state index contributed by atoms with van der Waals surface area (Å²) in [5, 5.41) is 0. The highest BCUT2D eigenvalue weighted by molar-refractivity contribution is 5.78. The van der Waals surface area contributed by atoms with Gasteiger partial charge in [0.25, 0.3) is 0 Å². The molecule has 1 amide bonds. The summed E-state index contributed by atoms with van der Waals surface area (Å²) in [7, 11) is 0. The fourth-order valence-corrected chi connectivity index (χ4v) is 1.67. The molecule has 1 aliphatic heterocycles. The van der Waals surface area contributed by atoms with Gasteiger partial charge in [0.1, 0.15) is 5.82 Å². The van der Waals surface area contributed by atoms with E-state index in [1.807, 2.05) is 0 Å². The summed E-state index contributed by atoms with van der Waals surface area (Å²) in [6, 6.07) is 7.12. The fourth-order valence-electron chi connectivity index (χ4n) is 1.67. The smallest absolute Gasteiger partial charge is 0.227 e. The first-order chi connectivity index (χ1) is 7.77. The van der Waals surface area contributed by atoms with Gasteiger partial charge in [-0.15, -0.1) is 0 Å². The van der Waals surface area contributed by atoms with Gasteiger partial charge in [0, 0.05) is 13.1 Å². The summed E-state index contributed by atoms with van der Waals surface area (Å²) in [6.07, 6.45) is 0.100. The molecule has 0 atom stereocenters. The molecule has 0 saturated carbocycles. The van der Waals surface area contributed by atoms with Gasteiger partial charge >= 0.3 is 0 Å². The predicted octanol–water partition coefficient (Wildman–Crippen LogP) is 1.03. The maximum absolute atomic E-state index is 13.3. The van der Waals surface area contributed by atoms with Gasteiger partial charge in [-0.1, -0.05) is 6.07 Å². The Kier molecular flexibility index (Phi) is 3.51. The molecule has 85 valence electrons. The lowest BCUT2D eigenvalue weighted by atomic mass is 10.1. The molecule has 16 heavy (non-hydrogen) atoms. The van der Waals surface area contributed by atoms with Crippen molar-refractivity contribution in [3.8, 4) is 0 Å². The second-order valence-corrected chi connectivity index (χ2v) is 3.69. The van der Waals surface area contributed by atoms with Crippen molar-refractivity contribution in [1.82, 2.24) is 4.90 Å². The minimum absolute atomic E-state index is 0.0539. The van der Waals surface area contributed by atoms with Crippen LogP contribution in [0.3, 0.4) is 0 Å². The summed E-state index contributed by atoms with van der Waals surface area (Å²) in [5.74, 6) is -0.401. The first kappa shape index (κ1) is 11.1. The van der Waals surface area contributed by atoms with E-state index in [2.05, 4.69) is 6.07 Å². The standard InChI is InChI=1S/C12H13FNO2/c13-11-4-2-1-3-10(11)9-12(15)14-5-7-16-8-6-14/h2-4H,5-9H2. The molecule has 3 nitrogen and oxygen atoms in total. The molecular weight excluding hydrogens is 209 g/mol. The molecule has 1 radical (unpaired) electrons. The number of hydrogen-bond donors (Lipinski definition) is 0. The predicted molar refractivity (Wildman–Crippen MR) is 56.3 cm³/mol. The number of carbonyl (C=O) groups excluding carboxylic acids is 1. The van der Waals surface area contributed by atoms with E-state index >= 15 is 0 Å². The molecule has 2 rings (SSSR count). The monoisotopic (exact) mass is 222 g/mol. The SMILES string of the molecule is O=C(Cc1c[c]ccc1F)N1CCOCC1. The molecule has 0 unspecified atom stereocenters. The zero-order valence-corrected chi connectivity index (χ0v) is 8.91. The van der Waals surface area contributed by atoms with Crippen LogP contribution in [0.1, 0.15) is 5.56 Å². The molecule has 0 aliphatic carbocycles. The number of nitrogens with zero attached hydrogens (tertiary/aromatic N) is 1. The molecule has 1 aliphatic rings. The van der Waals surface area contributed by atoms with E-state index < -0.39 is 0 Å². The summed E-state index contributed by atoms with van der Waals surface area (Å²) in [4.78, 5) is 13.5. The van der Waals surface area contributed by atoms with Crippen LogP contribution in [0, 0.1) is 11.9 Å². The number of rotatable bonds is 2. The first-order valence-electron chi connectivity index (χ1n) is 5.27. The topological polar surface area (TPSA) is 29.5 Å². The maximum Gasteiger partial charge on any atom is 0.227 e. The van der Waals surface area contributed by atoms with Gasteiger partial charge < -0.3 is 9.64 Å². The number of ether oxygens (including phenoxy) is 1. The Morgan fingerprint density at radius 1 is 1.50 bits per heavy atom. The lowest BCUT2D eigenvalue weighted by Gasteiger charge is -2.26. The van der Waals surface area contributed by atoms with Crippen LogP contribution in [0.4, 0.5) is 4.39 Å². The molecule has 1 heterocycles. The van der Waals surface area contributed by atoms with Crippen molar-refractivity contribution < 1.29 is 13.9 Å². The lowest BCUT2D eigenvalue weighted by Crippen LogP contribution is -2.41. The van der Waals surface area contributed by atoms with E-state index in [0.29, 0.717) is 31.9 Å². The van der Waals surface area contributed by atoms with Crippen molar-refractivity contribution in [3.05, 3.63) is 35.6 Å². The summed E-state index contributed by atoms with van der Waals surface area (Å²) < 4.78 is 18.5. The van der Waals surface area contributed by atoms with Crippen molar-refractivity contribution >= 4 is 5.91 Å². The Bertz CT molecular complexity index is 375. The zero-order chi connectivity index (χ0) is 11.4. The number of hydrogen-bond acceptors (Lipinski definition) is 2. The Morgan fingerprint density at radius 3 is 2.94 bits per heavy atom. The highest BCUT2D eigenvalue weighted by atomic mass is 19.1. The van der Waals surface area contributed by atoms with Crippen LogP contribution in [-0.2, 0) is 16.0 Å². The average molecular weight is 222 g/mol. The molecule has 1 saturated heterocycles. The van der Waals surface area contributed by atoms with E-state index in [1.165, 1.54) is 18.2 Å². The summed E-state index contributed by atoms with van der Waals surface area (Å²) in [5.41, 5.74) is 0.402. The van der Waals surface area contributed by atoms with Crippen LogP contribution in [0.25, 0.3) is 0 Å². The molecular formula is C12H13FNO2. The highest BCUT2D eigenvalue weighted by Crippen LogP contribution is 2.09.